The number of carbonyl (C=O) groups is 1. The normalized spacial score (nSPS) is 13.5. The standard InChI is InChI=1S/C18H17NO3S/c1-22-19-17(18(20)21)11-23-10-16-14-8-4-2-6-12(14)13-7-3-5-9-15(13)16/h2-9,16H,10-11H2,1H3,(H,20,21)/b19-17+. The highest BCUT2D eigenvalue weighted by atomic mass is 32.2. The largest absolute Gasteiger partial charge is 0.477 e. The highest BCUT2D eigenvalue weighted by molar-refractivity contribution is 8.00. The number of hydrogen-bond acceptors (Lipinski definition) is 4. The molecule has 118 valence electrons. The first-order valence-corrected chi connectivity index (χ1v) is 8.47. The van der Waals surface area contributed by atoms with Gasteiger partial charge in [-0.25, -0.2) is 4.79 Å². The molecular weight excluding hydrogens is 310 g/mol. The van der Waals surface area contributed by atoms with Gasteiger partial charge in [0.05, 0.1) is 0 Å². The van der Waals surface area contributed by atoms with Gasteiger partial charge in [0.25, 0.3) is 0 Å². The van der Waals surface area contributed by atoms with Gasteiger partial charge < -0.3 is 9.94 Å². The predicted octanol–water partition coefficient (Wildman–Crippen LogP) is 3.62. The maximum atomic E-state index is 11.1. The Labute approximate surface area is 139 Å². The first kappa shape index (κ1) is 15.6. The molecule has 0 saturated carbocycles. The Morgan fingerprint density at radius 3 is 2.22 bits per heavy atom. The number of thioether (sulfide) groups is 1. The lowest BCUT2D eigenvalue weighted by molar-refractivity contribution is -0.129. The van der Waals surface area contributed by atoms with Crippen LogP contribution in [0.5, 0.6) is 0 Å². The predicted molar refractivity (Wildman–Crippen MR) is 93.1 cm³/mol. The Hall–Kier alpha value is -2.27. The molecule has 0 bridgehead atoms. The average molecular weight is 327 g/mol. The van der Waals surface area contributed by atoms with Crippen molar-refractivity contribution in [3.8, 4) is 11.1 Å². The monoisotopic (exact) mass is 327 g/mol. The van der Waals surface area contributed by atoms with Crippen molar-refractivity contribution < 1.29 is 14.7 Å². The number of oxime groups is 1. The Balaban J connectivity index is 1.78. The molecule has 0 heterocycles. The number of benzene rings is 2. The van der Waals surface area contributed by atoms with Gasteiger partial charge in [-0.15, -0.1) is 0 Å². The Kier molecular flexibility index (Phi) is 4.67. The Morgan fingerprint density at radius 1 is 1.13 bits per heavy atom. The SMILES string of the molecule is CO/N=C(\CSCC1c2ccccc2-c2ccccc21)C(=O)O. The van der Waals surface area contributed by atoms with E-state index in [9.17, 15) is 4.79 Å². The number of hydrogen-bond donors (Lipinski definition) is 1. The number of aliphatic carboxylic acids is 1. The molecule has 2 aromatic rings. The van der Waals surface area contributed by atoms with Crippen LogP contribution in [0, 0.1) is 0 Å². The maximum absolute atomic E-state index is 11.1. The van der Waals surface area contributed by atoms with Crippen LogP contribution in [0.25, 0.3) is 11.1 Å². The van der Waals surface area contributed by atoms with Crippen molar-refractivity contribution in [1.82, 2.24) is 0 Å². The van der Waals surface area contributed by atoms with Crippen LogP contribution in [0.4, 0.5) is 0 Å². The minimum atomic E-state index is -1.04. The van der Waals surface area contributed by atoms with Gasteiger partial charge in [0.1, 0.15) is 7.11 Å². The number of fused-ring (bicyclic) bond motifs is 3. The summed E-state index contributed by atoms with van der Waals surface area (Å²) >= 11 is 1.56. The Morgan fingerprint density at radius 2 is 1.70 bits per heavy atom. The van der Waals surface area contributed by atoms with Gasteiger partial charge in [0.15, 0.2) is 5.71 Å². The molecule has 0 saturated heterocycles. The molecule has 0 radical (unpaired) electrons. The fraction of sp³-hybridized carbons (Fsp3) is 0.222. The fourth-order valence-corrected chi connectivity index (χ4v) is 4.03. The minimum Gasteiger partial charge on any atom is -0.477 e. The van der Waals surface area contributed by atoms with E-state index in [4.69, 9.17) is 5.11 Å². The van der Waals surface area contributed by atoms with E-state index < -0.39 is 5.97 Å². The lowest BCUT2D eigenvalue weighted by atomic mass is 9.99. The summed E-state index contributed by atoms with van der Waals surface area (Å²) in [5, 5.41) is 12.7. The average Bonchev–Trinajstić information content (AvgIpc) is 2.88. The lowest BCUT2D eigenvalue weighted by Gasteiger charge is -2.13. The summed E-state index contributed by atoms with van der Waals surface area (Å²) in [6, 6.07) is 16.8. The van der Waals surface area contributed by atoms with Crippen LogP contribution in [0.1, 0.15) is 17.0 Å². The fourth-order valence-electron chi connectivity index (χ4n) is 2.95. The quantitative estimate of drug-likeness (QED) is 0.650. The molecule has 1 aliphatic carbocycles. The number of carboxylic acids is 1. The van der Waals surface area contributed by atoms with Gasteiger partial charge in [-0.3, -0.25) is 0 Å². The summed E-state index contributed by atoms with van der Waals surface area (Å²) in [6.07, 6.45) is 0. The first-order chi connectivity index (χ1) is 11.2. The molecule has 0 spiro atoms. The molecule has 0 amide bonds. The first-order valence-electron chi connectivity index (χ1n) is 7.31. The molecule has 1 aliphatic rings. The zero-order valence-corrected chi connectivity index (χ0v) is 13.5. The molecule has 2 aromatic carbocycles. The van der Waals surface area contributed by atoms with Crippen molar-refractivity contribution in [2.24, 2.45) is 5.16 Å². The van der Waals surface area contributed by atoms with Crippen molar-refractivity contribution in [2.45, 2.75) is 5.92 Å². The number of nitrogens with zero attached hydrogens (tertiary/aromatic N) is 1. The van der Waals surface area contributed by atoms with Crippen LogP contribution < -0.4 is 0 Å². The summed E-state index contributed by atoms with van der Waals surface area (Å²) in [4.78, 5) is 15.7. The summed E-state index contributed by atoms with van der Waals surface area (Å²) in [5.41, 5.74) is 5.20. The topological polar surface area (TPSA) is 58.9 Å². The van der Waals surface area contributed by atoms with E-state index in [2.05, 4.69) is 58.5 Å². The van der Waals surface area contributed by atoms with Crippen molar-refractivity contribution in [3.05, 3.63) is 59.7 Å². The zero-order valence-electron chi connectivity index (χ0n) is 12.7. The van der Waals surface area contributed by atoms with E-state index in [1.54, 1.807) is 11.8 Å². The molecule has 1 N–H and O–H groups in total. The smallest absolute Gasteiger partial charge is 0.354 e. The van der Waals surface area contributed by atoms with Crippen LogP contribution in [0.2, 0.25) is 0 Å². The highest BCUT2D eigenvalue weighted by Gasteiger charge is 2.28. The highest BCUT2D eigenvalue weighted by Crippen LogP contribution is 2.45. The molecule has 0 unspecified atom stereocenters. The van der Waals surface area contributed by atoms with Crippen LogP contribution in [-0.2, 0) is 9.63 Å². The molecule has 0 aromatic heterocycles. The number of rotatable bonds is 6. The Bertz CT molecular complexity index is 712. The summed E-state index contributed by atoms with van der Waals surface area (Å²) < 4.78 is 0. The van der Waals surface area contributed by atoms with Gasteiger partial charge in [-0.2, -0.15) is 11.8 Å². The van der Waals surface area contributed by atoms with Gasteiger partial charge in [0, 0.05) is 17.4 Å². The van der Waals surface area contributed by atoms with Crippen LogP contribution in [0.3, 0.4) is 0 Å². The molecule has 3 rings (SSSR count). The van der Waals surface area contributed by atoms with E-state index >= 15 is 0 Å². The molecule has 0 fully saturated rings. The van der Waals surface area contributed by atoms with Crippen LogP contribution in [0.15, 0.2) is 53.7 Å². The maximum Gasteiger partial charge on any atom is 0.354 e. The van der Waals surface area contributed by atoms with Gasteiger partial charge in [-0.1, -0.05) is 53.7 Å². The second-order valence-corrected chi connectivity index (χ2v) is 6.30. The van der Waals surface area contributed by atoms with E-state index in [-0.39, 0.29) is 11.6 Å². The van der Waals surface area contributed by atoms with Crippen molar-refractivity contribution in [2.75, 3.05) is 18.6 Å². The second-order valence-electron chi connectivity index (χ2n) is 5.27. The molecule has 5 heteroatoms. The van der Waals surface area contributed by atoms with Crippen molar-refractivity contribution >= 4 is 23.4 Å². The van der Waals surface area contributed by atoms with Crippen LogP contribution in [-0.4, -0.2) is 35.4 Å². The van der Waals surface area contributed by atoms with Gasteiger partial charge in [0.2, 0.25) is 0 Å². The van der Waals surface area contributed by atoms with Crippen molar-refractivity contribution in [1.29, 1.82) is 0 Å². The number of carboxylic acid groups (broad SMARTS) is 1. The second kappa shape index (κ2) is 6.87. The third-order valence-corrected chi connectivity index (χ3v) is 4.98. The third-order valence-electron chi connectivity index (χ3n) is 3.93. The van der Waals surface area contributed by atoms with E-state index in [0.29, 0.717) is 5.75 Å². The summed E-state index contributed by atoms with van der Waals surface area (Å²) in [7, 11) is 1.36. The molecule has 4 nitrogen and oxygen atoms in total. The van der Waals surface area contributed by atoms with Gasteiger partial charge >= 0.3 is 5.97 Å². The minimum absolute atomic E-state index is 0.0390. The molecule has 0 aliphatic heterocycles. The molecule has 23 heavy (non-hydrogen) atoms. The zero-order chi connectivity index (χ0) is 16.2. The van der Waals surface area contributed by atoms with E-state index in [1.165, 1.54) is 29.4 Å². The molecule has 0 atom stereocenters. The van der Waals surface area contributed by atoms with E-state index in [0.717, 1.165) is 5.75 Å². The third kappa shape index (κ3) is 3.10. The summed E-state index contributed by atoms with van der Waals surface area (Å²) in [6.45, 7) is 0. The lowest BCUT2D eigenvalue weighted by Crippen LogP contribution is -2.17. The van der Waals surface area contributed by atoms with Gasteiger partial charge in [-0.05, 0) is 22.3 Å². The van der Waals surface area contributed by atoms with E-state index in [1.807, 2.05) is 0 Å². The van der Waals surface area contributed by atoms with Crippen molar-refractivity contribution in [3.63, 3.8) is 0 Å². The molecular formula is C18H17NO3S. The summed E-state index contributed by atoms with van der Waals surface area (Å²) in [5.74, 6) is 0.380. The van der Waals surface area contributed by atoms with Crippen LogP contribution >= 0.6 is 11.8 Å².